The highest BCUT2D eigenvalue weighted by Crippen LogP contribution is 2.07. The Labute approximate surface area is 66.3 Å². The summed E-state index contributed by atoms with van der Waals surface area (Å²) in [7, 11) is 0. The SMILES string of the molecule is CC.Cc1cc(N)c(F)cn1. The maximum Gasteiger partial charge on any atom is 0.164 e. The minimum absolute atomic E-state index is 0.155. The summed E-state index contributed by atoms with van der Waals surface area (Å²) in [6, 6.07) is 1.50. The summed E-state index contributed by atoms with van der Waals surface area (Å²) in [6.45, 7) is 5.76. The predicted octanol–water partition coefficient (Wildman–Crippen LogP) is 2.14. The Morgan fingerprint density at radius 2 is 2.00 bits per heavy atom. The summed E-state index contributed by atoms with van der Waals surface area (Å²) in [4.78, 5) is 3.68. The van der Waals surface area contributed by atoms with Gasteiger partial charge >= 0.3 is 0 Å². The molecule has 0 unspecified atom stereocenters. The Morgan fingerprint density at radius 3 is 2.36 bits per heavy atom. The summed E-state index contributed by atoms with van der Waals surface area (Å²) in [5.74, 6) is -0.458. The monoisotopic (exact) mass is 156 g/mol. The predicted molar refractivity (Wildman–Crippen MR) is 44.7 cm³/mol. The van der Waals surface area contributed by atoms with E-state index in [4.69, 9.17) is 5.73 Å². The summed E-state index contributed by atoms with van der Waals surface area (Å²) in [5, 5.41) is 0. The van der Waals surface area contributed by atoms with E-state index in [-0.39, 0.29) is 5.69 Å². The van der Waals surface area contributed by atoms with Gasteiger partial charge in [-0.1, -0.05) is 13.8 Å². The molecule has 0 aliphatic carbocycles. The Balaban J connectivity index is 0.000000461. The molecular weight excluding hydrogens is 143 g/mol. The number of nitrogen functional groups attached to an aromatic ring is 1. The van der Waals surface area contributed by atoms with Gasteiger partial charge in [0.15, 0.2) is 5.82 Å². The molecule has 0 aromatic carbocycles. The van der Waals surface area contributed by atoms with Gasteiger partial charge in [-0.3, -0.25) is 4.98 Å². The highest BCUT2D eigenvalue weighted by molar-refractivity contribution is 5.38. The molecule has 0 saturated heterocycles. The van der Waals surface area contributed by atoms with Crippen LogP contribution in [0.2, 0.25) is 0 Å². The molecule has 0 radical (unpaired) electrons. The first kappa shape index (κ1) is 9.88. The summed E-state index contributed by atoms with van der Waals surface area (Å²) < 4.78 is 12.3. The zero-order chi connectivity index (χ0) is 8.85. The van der Waals surface area contributed by atoms with Gasteiger partial charge in [0.2, 0.25) is 0 Å². The van der Waals surface area contributed by atoms with Crippen LogP contribution in [0.3, 0.4) is 0 Å². The molecule has 0 fully saturated rings. The first-order chi connectivity index (χ1) is 5.20. The summed E-state index contributed by atoms with van der Waals surface area (Å²) >= 11 is 0. The van der Waals surface area contributed by atoms with Gasteiger partial charge in [0.05, 0.1) is 11.9 Å². The van der Waals surface area contributed by atoms with E-state index < -0.39 is 5.82 Å². The Bertz CT molecular complexity index is 223. The van der Waals surface area contributed by atoms with Gasteiger partial charge < -0.3 is 5.73 Å². The number of nitrogens with zero attached hydrogens (tertiary/aromatic N) is 1. The molecule has 0 bridgehead atoms. The van der Waals surface area contributed by atoms with Gasteiger partial charge in [-0.2, -0.15) is 0 Å². The quantitative estimate of drug-likeness (QED) is 0.625. The molecule has 3 heteroatoms. The number of aromatic nitrogens is 1. The molecule has 1 heterocycles. The largest absolute Gasteiger partial charge is 0.396 e. The van der Waals surface area contributed by atoms with Crippen molar-refractivity contribution in [2.75, 3.05) is 5.73 Å². The van der Waals surface area contributed by atoms with Crippen molar-refractivity contribution in [1.82, 2.24) is 4.98 Å². The topological polar surface area (TPSA) is 38.9 Å². The fourth-order valence-corrected chi connectivity index (χ4v) is 0.564. The number of pyridine rings is 1. The second kappa shape index (κ2) is 4.66. The number of hydrogen-bond donors (Lipinski definition) is 1. The van der Waals surface area contributed by atoms with E-state index in [9.17, 15) is 4.39 Å². The summed E-state index contributed by atoms with van der Waals surface area (Å²) in [5.41, 5.74) is 6.09. The van der Waals surface area contributed by atoms with Gasteiger partial charge in [-0.15, -0.1) is 0 Å². The van der Waals surface area contributed by atoms with Gasteiger partial charge in [0.1, 0.15) is 0 Å². The molecule has 2 nitrogen and oxygen atoms in total. The van der Waals surface area contributed by atoms with Crippen molar-refractivity contribution in [3.05, 3.63) is 23.8 Å². The van der Waals surface area contributed by atoms with E-state index >= 15 is 0 Å². The average Bonchev–Trinajstić information content (AvgIpc) is 2.02. The smallest absolute Gasteiger partial charge is 0.164 e. The van der Waals surface area contributed by atoms with Crippen molar-refractivity contribution in [2.24, 2.45) is 0 Å². The van der Waals surface area contributed by atoms with Crippen molar-refractivity contribution in [2.45, 2.75) is 20.8 Å². The zero-order valence-corrected chi connectivity index (χ0v) is 7.06. The molecular formula is C8H13FN2. The van der Waals surface area contributed by atoms with Gasteiger partial charge in [0, 0.05) is 5.69 Å². The lowest BCUT2D eigenvalue weighted by Crippen LogP contribution is -1.92. The number of halogens is 1. The normalized spacial score (nSPS) is 8.36. The van der Waals surface area contributed by atoms with Crippen LogP contribution < -0.4 is 5.73 Å². The molecule has 11 heavy (non-hydrogen) atoms. The van der Waals surface area contributed by atoms with E-state index in [1.165, 1.54) is 6.07 Å². The van der Waals surface area contributed by atoms with Crippen molar-refractivity contribution in [3.63, 3.8) is 0 Å². The number of aryl methyl sites for hydroxylation is 1. The minimum atomic E-state index is -0.458. The fourth-order valence-electron chi connectivity index (χ4n) is 0.564. The number of rotatable bonds is 0. The van der Waals surface area contributed by atoms with Crippen LogP contribution in [0.5, 0.6) is 0 Å². The van der Waals surface area contributed by atoms with Crippen LogP contribution in [-0.2, 0) is 0 Å². The molecule has 0 aliphatic heterocycles. The van der Waals surface area contributed by atoms with Gasteiger partial charge in [-0.25, -0.2) is 4.39 Å². The van der Waals surface area contributed by atoms with Crippen LogP contribution in [0.25, 0.3) is 0 Å². The number of nitrogens with two attached hydrogens (primary N) is 1. The van der Waals surface area contributed by atoms with Crippen LogP contribution >= 0.6 is 0 Å². The van der Waals surface area contributed by atoms with E-state index in [1.54, 1.807) is 6.92 Å². The maximum absolute atomic E-state index is 12.3. The fraction of sp³-hybridized carbons (Fsp3) is 0.375. The van der Waals surface area contributed by atoms with Crippen molar-refractivity contribution in [1.29, 1.82) is 0 Å². The van der Waals surface area contributed by atoms with E-state index in [2.05, 4.69) is 4.98 Å². The second-order valence-corrected chi connectivity index (χ2v) is 1.85. The Morgan fingerprint density at radius 1 is 1.45 bits per heavy atom. The summed E-state index contributed by atoms with van der Waals surface area (Å²) in [6.07, 6.45) is 1.12. The number of hydrogen-bond acceptors (Lipinski definition) is 2. The lowest BCUT2D eigenvalue weighted by molar-refractivity contribution is 0.625. The third-order valence-corrected chi connectivity index (χ3v) is 1.02. The molecule has 2 N–H and O–H groups in total. The minimum Gasteiger partial charge on any atom is -0.396 e. The van der Waals surface area contributed by atoms with E-state index in [0.717, 1.165) is 11.9 Å². The van der Waals surface area contributed by atoms with E-state index in [1.807, 2.05) is 13.8 Å². The van der Waals surface area contributed by atoms with Gasteiger partial charge in [0.25, 0.3) is 0 Å². The highest BCUT2D eigenvalue weighted by Gasteiger charge is 1.95. The standard InChI is InChI=1S/C6H7FN2.C2H6/c1-4-2-6(8)5(7)3-9-4;1-2/h2-3H,1H3,(H2,8,9);1-2H3. The average molecular weight is 156 g/mol. The Hall–Kier alpha value is -1.12. The Kier molecular flexibility index (Phi) is 4.18. The maximum atomic E-state index is 12.3. The third kappa shape index (κ3) is 2.98. The number of anilines is 1. The second-order valence-electron chi connectivity index (χ2n) is 1.85. The molecule has 62 valence electrons. The first-order valence-corrected chi connectivity index (χ1v) is 3.58. The zero-order valence-electron chi connectivity index (χ0n) is 7.06. The molecule has 0 spiro atoms. The van der Waals surface area contributed by atoms with Crippen molar-refractivity contribution < 1.29 is 4.39 Å². The molecule has 0 saturated carbocycles. The van der Waals surface area contributed by atoms with Crippen LogP contribution in [-0.4, -0.2) is 4.98 Å². The van der Waals surface area contributed by atoms with Crippen LogP contribution in [0, 0.1) is 12.7 Å². The molecule has 1 aromatic heterocycles. The highest BCUT2D eigenvalue weighted by atomic mass is 19.1. The lowest BCUT2D eigenvalue weighted by atomic mass is 10.3. The third-order valence-electron chi connectivity index (χ3n) is 1.02. The first-order valence-electron chi connectivity index (χ1n) is 3.58. The van der Waals surface area contributed by atoms with Crippen LogP contribution in [0.4, 0.5) is 10.1 Å². The molecule has 0 aliphatic rings. The van der Waals surface area contributed by atoms with Crippen LogP contribution in [0.15, 0.2) is 12.3 Å². The van der Waals surface area contributed by atoms with Crippen molar-refractivity contribution >= 4 is 5.69 Å². The molecule has 1 rings (SSSR count). The lowest BCUT2D eigenvalue weighted by Gasteiger charge is -1.94. The van der Waals surface area contributed by atoms with Crippen LogP contribution in [0.1, 0.15) is 19.5 Å². The van der Waals surface area contributed by atoms with Gasteiger partial charge in [-0.05, 0) is 13.0 Å². The van der Waals surface area contributed by atoms with E-state index in [0.29, 0.717) is 0 Å². The molecule has 0 atom stereocenters. The molecule has 1 aromatic rings. The van der Waals surface area contributed by atoms with Crippen molar-refractivity contribution in [3.8, 4) is 0 Å². The molecule has 0 amide bonds.